The van der Waals surface area contributed by atoms with Crippen LogP contribution in [0.1, 0.15) is 39.1 Å². The van der Waals surface area contributed by atoms with Crippen LogP contribution in [0.2, 0.25) is 0 Å². The van der Waals surface area contributed by atoms with E-state index in [1.54, 1.807) is 35.7 Å². The average molecular weight is 426 g/mol. The molecule has 0 bridgehead atoms. The van der Waals surface area contributed by atoms with Crippen LogP contribution in [0.5, 0.6) is 11.5 Å². The summed E-state index contributed by atoms with van der Waals surface area (Å²) < 4.78 is 12.6. The fraction of sp³-hybridized carbons (Fsp3) is 0.381. The quantitative estimate of drug-likeness (QED) is 0.674. The number of piperidine rings is 1. The first-order valence-electron chi connectivity index (χ1n) is 10.0. The van der Waals surface area contributed by atoms with Gasteiger partial charge in [0, 0.05) is 42.3 Å². The SMILES string of the molecule is Cc1ncc(CN2CCC(n3nccc3NC(=O)c3ccc4c(c3)OCO4)CC2)s1. The van der Waals surface area contributed by atoms with E-state index in [0.29, 0.717) is 22.9 Å². The molecule has 30 heavy (non-hydrogen) atoms. The van der Waals surface area contributed by atoms with Gasteiger partial charge in [-0.25, -0.2) is 9.67 Å². The van der Waals surface area contributed by atoms with Gasteiger partial charge in [0.2, 0.25) is 6.79 Å². The zero-order valence-corrected chi connectivity index (χ0v) is 17.5. The Morgan fingerprint density at radius 2 is 2.07 bits per heavy atom. The monoisotopic (exact) mass is 425 g/mol. The van der Waals surface area contributed by atoms with Gasteiger partial charge in [-0.3, -0.25) is 9.69 Å². The first-order chi connectivity index (χ1) is 14.7. The van der Waals surface area contributed by atoms with Crippen LogP contribution >= 0.6 is 11.3 Å². The number of carbonyl (C=O) groups excluding carboxylic acids is 1. The molecule has 5 rings (SSSR count). The lowest BCUT2D eigenvalue weighted by Gasteiger charge is -2.32. The number of thiazole rings is 1. The minimum atomic E-state index is -0.187. The standard InChI is InChI=1S/C21H23N5O3S/c1-14-22-11-17(30-14)12-25-8-5-16(6-9-25)26-20(4-7-23-26)24-21(27)15-2-3-18-19(10-15)29-13-28-18/h2-4,7,10-11,16H,5-6,8-9,12-13H2,1H3,(H,24,27). The summed E-state index contributed by atoms with van der Waals surface area (Å²) in [7, 11) is 0. The Balaban J connectivity index is 1.21. The summed E-state index contributed by atoms with van der Waals surface area (Å²) in [6.07, 6.45) is 5.70. The smallest absolute Gasteiger partial charge is 0.256 e. The van der Waals surface area contributed by atoms with E-state index < -0.39 is 0 Å². The molecule has 1 N–H and O–H groups in total. The summed E-state index contributed by atoms with van der Waals surface area (Å²) in [6.45, 7) is 5.17. The third-order valence-corrected chi connectivity index (χ3v) is 6.40. The molecule has 0 radical (unpaired) electrons. The van der Waals surface area contributed by atoms with Crippen molar-refractivity contribution in [3.63, 3.8) is 0 Å². The van der Waals surface area contributed by atoms with Gasteiger partial charge in [-0.2, -0.15) is 5.10 Å². The zero-order chi connectivity index (χ0) is 20.5. The van der Waals surface area contributed by atoms with Crippen molar-refractivity contribution in [1.82, 2.24) is 19.7 Å². The topological polar surface area (TPSA) is 81.5 Å². The molecule has 1 amide bonds. The van der Waals surface area contributed by atoms with Crippen molar-refractivity contribution < 1.29 is 14.3 Å². The minimum Gasteiger partial charge on any atom is -0.454 e. The molecule has 1 fully saturated rings. The summed E-state index contributed by atoms with van der Waals surface area (Å²) in [5.41, 5.74) is 0.529. The summed E-state index contributed by atoms with van der Waals surface area (Å²) in [5, 5.41) is 8.59. The Morgan fingerprint density at radius 1 is 1.23 bits per heavy atom. The van der Waals surface area contributed by atoms with Crippen molar-refractivity contribution in [2.45, 2.75) is 32.4 Å². The van der Waals surface area contributed by atoms with Gasteiger partial charge in [-0.05, 0) is 38.0 Å². The number of hydrogen-bond acceptors (Lipinski definition) is 7. The number of nitrogens with one attached hydrogen (secondary N) is 1. The molecule has 4 heterocycles. The van der Waals surface area contributed by atoms with Gasteiger partial charge >= 0.3 is 0 Å². The van der Waals surface area contributed by atoms with Gasteiger partial charge in [-0.1, -0.05) is 0 Å². The predicted octanol–water partition coefficient (Wildman–Crippen LogP) is 3.47. The van der Waals surface area contributed by atoms with Gasteiger partial charge in [0.05, 0.1) is 17.2 Å². The fourth-order valence-electron chi connectivity index (χ4n) is 3.95. The predicted molar refractivity (Wildman–Crippen MR) is 113 cm³/mol. The Labute approximate surface area is 178 Å². The molecule has 1 aromatic carbocycles. The first-order valence-corrected chi connectivity index (χ1v) is 10.9. The molecule has 3 aromatic rings. The summed E-state index contributed by atoms with van der Waals surface area (Å²) >= 11 is 1.76. The Hall–Kier alpha value is -2.91. The number of nitrogens with zero attached hydrogens (tertiary/aromatic N) is 4. The fourth-order valence-corrected chi connectivity index (χ4v) is 4.79. The largest absolute Gasteiger partial charge is 0.454 e. The van der Waals surface area contributed by atoms with Gasteiger partial charge in [0.1, 0.15) is 5.82 Å². The summed E-state index contributed by atoms with van der Waals surface area (Å²) in [5.74, 6) is 1.79. The van der Waals surface area contributed by atoms with E-state index in [0.717, 1.165) is 37.5 Å². The number of amides is 1. The third kappa shape index (κ3) is 3.90. The number of likely N-dealkylation sites (tertiary alicyclic amines) is 1. The van der Waals surface area contributed by atoms with Crippen molar-refractivity contribution in [3.05, 3.63) is 52.1 Å². The van der Waals surface area contributed by atoms with Crippen molar-refractivity contribution >= 4 is 23.1 Å². The Kier molecular flexibility index (Phi) is 5.14. The highest BCUT2D eigenvalue weighted by Gasteiger charge is 2.24. The molecular formula is C21H23N5O3S. The molecule has 0 unspecified atom stereocenters. The highest BCUT2D eigenvalue weighted by Crippen LogP contribution is 2.33. The molecule has 8 nitrogen and oxygen atoms in total. The van der Waals surface area contributed by atoms with Crippen molar-refractivity contribution in [3.8, 4) is 11.5 Å². The lowest BCUT2D eigenvalue weighted by Crippen LogP contribution is -2.34. The molecule has 0 aliphatic carbocycles. The average Bonchev–Trinajstić information content (AvgIpc) is 3.49. The molecule has 2 aromatic heterocycles. The minimum absolute atomic E-state index is 0.187. The van der Waals surface area contributed by atoms with Crippen LogP contribution in [0.15, 0.2) is 36.7 Å². The zero-order valence-electron chi connectivity index (χ0n) is 16.7. The van der Waals surface area contributed by atoms with E-state index in [-0.39, 0.29) is 18.7 Å². The molecular weight excluding hydrogens is 402 g/mol. The Morgan fingerprint density at radius 3 is 2.87 bits per heavy atom. The van der Waals surface area contributed by atoms with E-state index >= 15 is 0 Å². The Bertz CT molecular complexity index is 1050. The molecule has 156 valence electrons. The van der Waals surface area contributed by atoms with Gasteiger partial charge in [-0.15, -0.1) is 11.3 Å². The number of rotatable bonds is 5. The molecule has 9 heteroatoms. The second-order valence-corrected chi connectivity index (χ2v) is 8.86. The maximum atomic E-state index is 12.7. The third-order valence-electron chi connectivity index (χ3n) is 5.50. The van der Waals surface area contributed by atoms with E-state index in [4.69, 9.17) is 9.47 Å². The van der Waals surface area contributed by atoms with E-state index in [9.17, 15) is 4.79 Å². The van der Waals surface area contributed by atoms with Gasteiger partial charge in [0.15, 0.2) is 11.5 Å². The molecule has 0 spiro atoms. The van der Waals surface area contributed by atoms with Crippen molar-refractivity contribution in [2.24, 2.45) is 0 Å². The van der Waals surface area contributed by atoms with Crippen LogP contribution in [0.4, 0.5) is 5.82 Å². The molecule has 1 saturated heterocycles. The van der Waals surface area contributed by atoms with Crippen LogP contribution in [0, 0.1) is 6.92 Å². The van der Waals surface area contributed by atoms with Gasteiger partial charge < -0.3 is 14.8 Å². The molecule has 2 aliphatic heterocycles. The lowest BCUT2D eigenvalue weighted by molar-refractivity contribution is 0.102. The van der Waals surface area contributed by atoms with Crippen LogP contribution in [-0.4, -0.2) is 45.5 Å². The first kappa shape index (κ1) is 19.1. The summed E-state index contributed by atoms with van der Waals surface area (Å²) in [6, 6.07) is 7.32. The number of aryl methyl sites for hydroxylation is 1. The number of anilines is 1. The second-order valence-electron chi connectivity index (χ2n) is 7.54. The highest BCUT2D eigenvalue weighted by atomic mass is 32.1. The second kappa shape index (κ2) is 8.08. The number of benzene rings is 1. The van der Waals surface area contributed by atoms with Gasteiger partial charge in [0.25, 0.3) is 5.91 Å². The number of aromatic nitrogens is 3. The van der Waals surface area contributed by atoms with E-state index in [1.807, 2.05) is 23.9 Å². The number of ether oxygens (including phenoxy) is 2. The van der Waals surface area contributed by atoms with Crippen molar-refractivity contribution in [2.75, 3.05) is 25.2 Å². The van der Waals surface area contributed by atoms with Crippen LogP contribution < -0.4 is 14.8 Å². The maximum Gasteiger partial charge on any atom is 0.256 e. The van der Waals surface area contributed by atoms with E-state index in [2.05, 4.69) is 20.3 Å². The number of carbonyl (C=O) groups is 1. The lowest BCUT2D eigenvalue weighted by atomic mass is 10.1. The van der Waals surface area contributed by atoms with Crippen molar-refractivity contribution in [1.29, 1.82) is 0 Å². The normalized spacial score (nSPS) is 16.7. The van der Waals surface area contributed by atoms with Crippen LogP contribution in [0.3, 0.4) is 0 Å². The molecule has 2 aliphatic rings. The maximum absolute atomic E-state index is 12.7. The summed E-state index contributed by atoms with van der Waals surface area (Å²) in [4.78, 5) is 20.8. The number of fused-ring (bicyclic) bond motifs is 1. The van der Waals surface area contributed by atoms with E-state index in [1.165, 1.54) is 4.88 Å². The highest BCUT2D eigenvalue weighted by molar-refractivity contribution is 7.11. The van der Waals surface area contributed by atoms with Crippen LogP contribution in [0.25, 0.3) is 0 Å². The number of hydrogen-bond donors (Lipinski definition) is 1. The molecule has 0 atom stereocenters. The molecule has 0 saturated carbocycles. The van der Waals surface area contributed by atoms with Crippen LogP contribution in [-0.2, 0) is 6.54 Å².